The van der Waals surface area contributed by atoms with E-state index in [1.807, 2.05) is 91.9 Å². The van der Waals surface area contributed by atoms with Gasteiger partial charge in [-0.15, -0.1) is 0 Å². The summed E-state index contributed by atoms with van der Waals surface area (Å²) in [5.41, 5.74) is 1.73. The number of halogens is 1. The number of benzene rings is 3. The van der Waals surface area contributed by atoms with E-state index in [1.54, 1.807) is 0 Å². The predicted octanol–water partition coefficient (Wildman–Crippen LogP) is 1.43. The van der Waals surface area contributed by atoms with Gasteiger partial charge in [0, 0.05) is 0 Å². The molecule has 3 aromatic carbocycles. The first kappa shape index (κ1) is 15.7. The lowest BCUT2D eigenvalue weighted by Crippen LogP contribution is -3.85. The molecule has 0 saturated carbocycles. The van der Waals surface area contributed by atoms with Gasteiger partial charge in [0.2, 0.25) is 0 Å². The second-order valence-corrected chi connectivity index (χ2v) is 9.42. The largest absolute Gasteiger partial charge is 0.390 e. The lowest BCUT2D eigenvalue weighted by Gasteiger charge is -2.05. The van der Waals surface area contributed by atoms with Crippen molar-refractivity contribution in [1.29, 1.82) is 0 Å². The minimum atomic E-state index is -2.25. The maximum atomic E-state index is 12.5. The Morgan fingerprint density at radius 1 is 0.739 bits per heavy atom. The van der Waals surface area contributed by atoms with Gasteiger partial charge in [-0.3, -0.25) is 0 Å². The van der Waals surface area contributed by atoms with Crippen molar-refractivity contribution in [2.24, 2.45) is 0 Å². The zero-order chi connectivity index (χ0) is 16.1. The number of carbonyl (C=O) groups excluding carboxylic acids is 1. The lowest BCUT2D eigenvalue weighted by molar-refractivity contribution is -1.04. The average molecular weight is 416 g/mol. The van der Waals surface area contributed by atoms with Crippen molar-refractivity contribution < 1.29 is 28.1 Å². The smallest absolute Gasteiger partial charge is 0.241 e. The van der Waals surface area contributed by atoms with Crippen LogP contribution in [-0.4, -0.2) is 5.97 Å². The van der Waals surface area contributed by atoms with Crippen LogP contribution in [-0.2, 0) is 3.07 Å². The number of aryl methyl sites for hydroxylation is 1. The van der Waals surface area contributed by atoms with Crippen molar-refractivity contribution in [3.05, 3.63) is 103 Å². The van der Waals surface area contributed by atoms with Crippen LogP contribution in [0.15, 0.2) is 84.9 Å². The van der Waals surface area contributed by atoms with Crippen LogP contribution in [0.25, 0.3) is 0 Å². The lowest BCUT2D eigenvalue weighted by atomic mass is 10.2. The second-order valence-electron chi connectivity index (χ2n) is 5.07. The monoisotopic (exact) mass is 416 g/mol. The number of carbonyl (C=O) groups is 1. The fourth-order valence-electron chi connectivity index (χ4n) is 2.08. The summed E-state index contributed by atoms with van der Waals surface area (Å²) in [5.74, 6) is -0.247. The summed E-state index contributed by atoms with van der Waals surface area (Å²) < 4.78 is 8.19. The Labute approximate surface area is 144 Å². The predicted molar refractivity (Wildman–Crippen MR) is 86.9 cm³/mol. The second kappa shape index (κ2) is 7.42. The molecule has 0 bridgehead atoms. The Morgan fingerprint density at radius 2 is 1.22 bits per heavy atom. The van der Waals surface area contributed by atoms with E-state index < -0.39 is 20.2 Å². The molecule has 0 aliphatic rings. The first-order chi connectivity index (χ1) is 11.2. The van der Waals surface area contributed by atoms with Crippen LogP contribution in [0.4, 0.5) is 0 Å². The maximum absolute atomic E-state index is 12.5. The van der Waals surface area contributed by atoms with Gasteiger partial charge in [0.1, 0.15) is 0 Å². The van der Waals surface area contributed by atoms with Crippen LogP contribution in [0.3, 0.4) is 0 Å². The molecule has 0 fully saturated rings. The third-order valence-corrected chi connectivity index (χ3v) is 7.84. The van der Waals surface area contributed by atoms with E-state index in [0.29, 0.717) is 5.56 Å². The van der Waals surface area contributed by atoms with Gasteiger partial charge in [0.15, 0.2) is 7.14 Å². The highest BCUT2D eigenvalue weighted by atomic mass is 127. The molecule has 0 aliphatic carbocycles. The summed E-state index contributed by atoms with van der Waals surface area (Å²) >= 11 is -2.25. The van der Waals surface area contributed by atoms with Gasteiger partial charge < -0.3 is 0 Å². The van der Waals surface area contributed by atoms with Crippen LogP contribution < -0.4 is 20.2 Å². The van der Waals surface area contributed by atoms with Gasteiger partial charge in [-0.1, -0.05) is 54.1 Å². The van der Waals surface area contributed by atoms with Crippen molar-refractivity contribution >= 4 is 5.97 Å². The quantitative estimate of drug-likeness (QED) is 0.602. The van der Waals surface area contributed by atoms with Crippen LogP contribution in [0, 0.1) is 14.1 Å². The number of hydrogen-bond acceptors (Lipinski definition) is 2. The zero-order valence-electron chi connectivity index (χ0n) is 12.8. The molecule has 0 aromatic heterocycles. The third-order valence-electron chi connectivity index (χ3n) is 3.30. The fourth-order valence-corrected chi connectivity index (χ4v) is 6.10. The van der Waals surface area contributed by atoms with E-state index in [0.717, 1.165) is 12.7 Å². The first-order valence-corrected chi connectivity index (χ1v) is 10.4. The van der Waals surface area contributed by atoms with E-state index >= 15 is 0 Å². The third kappa shape index (κ3) is 3.99. The van der Waals surface area contributed by atoms with E-state index in [-0.39, 0.29) is 5.97 Å². The van der Waals surface area contributed by atoms with E-state index in [4.69, 9.17) is 3.07 Å². The first-order valence-electron chi connectivity index (χ1n) is 7.33. The molecule has 3 rings (SSSR count). The molecule has 0 amide bonds. The Morgan fingerprint density at radius 3 is 1.70 bits per heavy atom. The van der Waals surface area contributed by atoms with Gasteiger partial charge in [0.25, 0.3) is 0 Å². The number of rotatable bonds is 4. The van der Waals surface area contributed by atoms with Gasteiger partial charge in [-0.25, -0.2) is 7.86 Å². The number of hydrogen-bond donors (Lipinski definition) is 0. The van der Waals surface area contributed by atoms with Crippen molar-refractivity contribution in [2.45, 2.75) is 6.92 Å². The topological polar surface area (TPSA) is 26.3 Å². The Hall–Kier alpha value is -2.14. The summed E-state index contributed by atoms with van der Waals surface area (Å²) in [7, 11) is 0. The van der Waals surface area contributed by atoms with Gasteiger partial charge in [-0.2, -0.15) is 0 Å². The molecule has 0 unspecified atom stereocenters. The molecule has 23 heavy (non-hydrogen) atoms. The summed E-state index contributed by atoms with van der Waals surface area (Å²) in [6.07, 6.45) is 0. The van der Waals surface area contributed by atoms with Crippen LogP contribution in [0.5, 0.6) is 0 Å². The van der Waals surface area contributed by atoms with Crippen molar-refractivity contribution in [1.82, 2.24) is 0 Å². The van der Waals surface area contributed by atoms with E-state index in [9.17, 15) is 4.79 Å². The summed E-state index contributed by atoms with van der Waals surface area (Å²) in [6, 6.07) is 27.6. The van der Waals surface area contributed by atoms with E-state index in [1.165, 1.54) is 0 Å². The molecule has 3 heteroatoms. The van der Waals surface area contributed by atoms with Gasteiger partial charge in [0.05, 0.1) is 5.56 Å². The Bertz CT molecular complexity index is 728. The molecule has 0 spiro atoms. The van der Waals surface area contributed by atoms with Crippen LogP contribution in [0.1, 0.15) is 15.9 Å². The highest BCUT2D eigenvalue weighted by molar-refractivity contribution is 5.88. The molecule has 1 radical (unpaired) electrons. The molecule has 0 atom stereocenters. The molecular formula is C20H17IO2+. The molecule has 0 saturated heterocycles. The minimum Gasteiger partial charge on any atom is -0.241 e. The molecule has 2 nitrogen and oxygen atoms in total. The van der Waals surface area contributed by atoms with Gasteiger partial charge in [-0.05, 0) is 43.3 Å². The van der Waals surface area contributed by atoms with Crippen LogP contribution >= 0.6 is 0 Å². The Kier molecular flexibility index (Phi) is 5.08. The highest BCUT2D eigenvalue weighted by Gasteiger charge is 2.34. The zero-order valence-corrected chi connectivity index (χ0v) is 14.9. The standard InChI is InChI=1S/C20H17IO2/c1-16-12-14-17(15-13-16)20(22)23-21(18-8-4-2-5-9-18)19-10-6-3-7-11-19/h2-15H,1H3/q+1. The Balaban J connectivity index is 1.90. The summed E-state index contributed by atoms with van der Waals surface area (Å²) in [6.45, 7) is 2.00. The molecule has 115 valence electrons. The molecule has 3 aromatic rings. The molecule has 0 heterocycles. The van der Waals surface area contributed by atoms with Crippen molar-refractivity contribution in [3.8, 4) is 0 Å². The summed E-state index contributed by atoms with van der Waals surface area (Å²) in [5, 5.41) is 0. The molecular weight excluding hydrogens is 399 g/mol. The molecule has 0 N–H and O–H groups in total. The molecule has 0 aliphatic heterocycles. The van der Waals surface area contributed by atoms with Gasteiger partial charge >= 0.3 is 26.2 Å². The minimum absolute atomic E-state index is 0.247. The van der Waals surface area contributed by atoms with Crippen LogP contribution in [0.2, 0.25) is 0 Å². The van der Waals surface area contributed by atoms with Crippen molar-refractivity contribution in [2.75, 3.05) is 0 Å². The fraction of sp³-hybridized carbons (Fsp3) is 0.0500. The summed E-state index contributed by atoms with van der Waals surface area (Å²) in [4.78, 5) is 12.5. The average Bonchev–Trinajstić information content (AvgIpc) is 2.61. The normalized spacial score (nSPS) is 10.5. The van der Waals surface area contributed by atoms with E-state index in [2.05, 4.69) is 0 Å². The highest BCUT2D eigenvalue weighted by Crippen LogP contribution is 2.03. The SMILES string of the molecule is Cc1ccc(C(=O)O[I+](c2ccccc2)c2ccccc2)cc1. The van der Waals surface area contributed by atoms with Crippen molar-refractivity contribution in [3.63, 3.8) is 0 Å². The maximum Gasteiger partial charge on any atom is 0.390 e.